The van der Waals surface area contributed by atoms with Gasteiger partial charge < -0.3 is 10.2 Å². The van der Waals surface area contributed by atoms with Crippen molar-refractivity contribution in [1.29, 1.82) is 0 Å². The summed E-state index contributed by atoms with van der Waals surface area (Å²) in [6.07, 6.45) is 7.34. The van der Waals surface area contributed by atoms with Crippen LogP contribution >= 0.6 is 15.9 Å². The summed E-state index contributed by atoms with van der Waals surface area (Å²) in [5, 5.41) is 3.14. The Morgan fingerprint density at radius 2 is 2.21 bits per heavy atom. The van der Waals surface area contributed by atoms with Gasteiger partial charge in [0.25, 0.3) is 0 Å². The lowest BCUT2D eigenvalue weighted by molar-refractivity contribution is -0.122. The van der Waals surface area contributed by atoms with Gasteiger partial charge in [-0.05, 0) is 75.7 Å². The van der Waals surface area contributed by atoms with Gasteiger partial charge >= 0.3 is 0 Å². The molecule has 1 aromatic carbocycles. The third-order valence-corrected chi connectivity index (χ3v) is 6.01. The van der Waals surface area contributed by atoms with E-state index in [0.29, 0.717) is 5.92 Å². The van der Waals surface area contributed by atoms with Crippen LogP contribution in [0.25, 0.3) is 0 Å². The van der Waals surface area contributed by atoms with E-state index in [-0.39, 0.29) is 11.8 Å². The lowest BCUT2D eigenvalue weighted by atomic mass is 10.0. The number of carbonyl (C=O) groups excluding carboxylic acids is 1. The van der Waals surface area contributed by atoms with Crippen LogP contribution in [0.5, 0.6) is 0 Å². The van der Waals surface area contributed by atoms with E-state index < -0.39 is 0 Å². The summed E-state index contributed by atoms with van der Waals surface area (Å²) < 4.78 is 1.10. The molecule has 3 atom stereocenters. The Morgan fingerprint density at radius 1 is 1.33 bits per heavy atom. The largest absolute Gasteiger partial charge is 0.356 e. The van der Waals surface area contributed by atoms with Crippen molar-refractivity contribution in [3.05, 3.63) is 34.3 Å². The second-order valence-electron chi connectivity index (χ2n) is 7.38. The topological polar surface area (TPSA) is 32.3 Å². The first-order valence-electron chi connectivity index (χ1n) is 9.42. The number of amides is 1. The van der Waals surface area contributed by atoms with E-state index in [2.05, 4.69) is 45.2 Å². The first kappa shape index (κ1) is 17.9. The third kappa shape index (κ3) is 4.82. The van der Waals surface area contributed by atoms with Crippen LogP contribution < -0.4 is 5.32 Å². The second kappa shape index (κ2) is 8.48. The van der Waals surface area contributed by atoms with Gasteiger partial charge in [0.2, 0.25) is 5.91 Å². The Bertz CT molecular complexity index is 562. The zero-order valence-corrected chi connectivity index (χ0v) is 16.2. The molecule has 2 aliphatic rings. The molecule has 3 rings (SSSR count). The maximum Gasteiger partial charge on any atom is 0.223 e. The van der Waals surface area contributed by atoms with Crippen LogP contribution in [-0.2, 0) is 4.79 Å². The Labute approximate surface area is 154 Å². The highest BCUT2D eigenvalue weighted by molar-refractivity contribution is 9.10. The minimum atomic E-state index is 0.182. The molecule has 3 nitrogen and oxygen atoms in total. The molecule has 1 heterocycles. The first-order valence-corrected chi connectivity index (χ1v) is 10.2. The summed E-state index contributed by atoms with van der Waals surface area (Å²) in [6.45, 7) is 5.60. The van der Waals surface area contributed by atoms with Gasteiger partial charge in [-0.15, -0.1) is 0 Å². The molecule has 24 heavy (non-hydrogen) atoms. The van der Waals surface area contributed by atoms with Crippen molar-refractivity contribution in [2.24, 2.45) is 5.92 Å². The SMILES string of the molecule is CC1CCCCN1CCCCNC(=O)C1CC1c1cccc(Br)c1. The molecule has 0 bridgehead atoms. The van der Waals surface area contributed by atoms with E-state index in [9.17, 15) is 4.79 Å². The number of likely N-dealkylation sites (tertiary alicyclic amines) is 1. The van der Waals surface area contributed by atoms with Crippen LogP contribution in [0.15, 0.2) is 28.7 Å². The fraction of sp³-hybridized carbons (Fsp3) is 0.650. The van der Waals surface area contributed by atoms with E-state index >= 15 is 0 Å². The standard InChI is InChI=1S/C20H29BrN2O/c1-15-7-2-4-11-23(15)12-5-3-10-22-20(24)19-14-18(19)16-8-6-9-17(21)13-16/h6,8-9,13,15,18-19H,2-5,7,10-12,14H2,1H3,(H,22,24). The number of hydrogen-bond acceptors (Lipinski definition) is 2. The molecule has 1 saturated heterocycles. The van der Waals surface area contributed by atoms with Crippen molar-refractivity contribution in [2.75, 3.05) is 19.6 Å². The number of nitrogens with zero attached hydrogens (tertiary/aromatic N) is 1. The van der Waals surface area contributed by atoms with Crippen molar-refractivity contribution in [3.63, 3.8) is 0 Å². The molecule has 1 aliphatic carbocycles. The quantitative estimate of drug-likeness (QED) is 0.700. The number of halogens is 1. The highest BCUT2D eigenvalue weighted by atomic mass is 79.9. The molecular weight excluding hydrogens is 364 g/mol. The van der Waals surface area contributed by atoms with Crippen LogP contribution in [0.3, 0.4) is 0 Å². The second-order valence-corrected chi connectivity index (χ2v) is 8.30. The molecular formula is C20H29BrN2O. The van der Waals surface area contributed by atoms with Crippen molar-refractivity contribution in [2.45, 2.75) is 57.4 Å². The first-order chi connectivity index (χ1) is 11.6. The van der Waals surface area contributed by atoms with E-state index in [1.54, 1.807) is 0 Å². The third-order valence-electron chi connectivity index (χ3n) is 5.52. The Kier molecular flexibility index (Phi) is 6.34. The van der Waals surface area contributed by atoms with Crippen molar-refractivity contribution >= 4 is 21.8 Å². The lowest BCUT2D eigenvalue weighted by Crippen LogP contribution is -2.38. The normalized spacial score (nSPS) is 27.0. The zero-order valence-electron chi connectivity index (χ0n) is 14.6. The Hall–Kier alpha value is -0.870. The molecule has 2 fully saturated rings. The molecule has 4 heteroatoms. The zero-order chi connectivity index (χ0) is 16.9. The molecule has 1 aromatic rings. The van der Waals surface area contributed by atoms with Gasteiger partial charge in [0, 0.05) is 23.0 Å². The van der Waals surface area contributed by atoms with Crippen molar-refractivity contribution in [3.8, 4) is 0 Å². The molecule has 3 unspecified atom stereocenters. The number of rotatable bonds is 7. The van der Waals surface area contributed by atoms with Gasteiger partial charge in [-0.1, -0.05) is 34.5 Å². The van der Waals surface area contributed by atoms with Crippen molar-refractivity contribution < 1.29 is 4.79 Å². The summed E-state index contributed by atoms with van der Waals surface area (Å²) in [6, 6.07) is 9.09. The maximum atomic E-state index is 12.3. The molecule has 1 N–H and O–H groups in total. The van der Waals surface area contributed by atoms with E-state index in [1.165, 1.54) is 44.3 Å². The molecule has 1 amide bonds. The van der Waals surface area contributed by atoms with Crippen LogP contribution in [-0.4, -0.2) is 36.5 Å². The molecule has 0 aromatic heterocycles. The van der Waals surface area contributed by atoms with Crippen LogP contribution in [0.4, 0.5) is 0 Å². The Morgan fingerprint density at radius 3 is 3.00 bits per heavy atom. The molecule has 0 radical (unpaired) electrons. The van der Waals surface area contributed by atoms with Gasteiger partial charge in [0.15, 0.2) is 0 Å². The van der Waals surface area contributed by atoms with Gasteiger partial charge in [-0.2, -0.15) is 0 Å². The number of benzene rings is 1. The summed E-state index contributed by atoms with van der Waals surface area (Å²) in [5.74, 6) is 0.837. The Balaban J connectivity index is 1.31. The highest BCUT2D eigenvalue weighted by Gasteiger charge is 2.43. The average Bonchev–Trinajstić information content (AvgIpc) is 3.37. The summed E-state index contributed by atoms with van der Waals surface area (Å²) in [7, 11) is 0. The molecule has 1 saturated carbocycles. The number of carbonyl (C=O) groups is 1. The van der Waals surface area contributed by atoms with Gasteiger partial charge in [-0.25, -0.2) is 0 Å². The summed E-state index contributed by atoms with van der Waals surface area (Å²) in [5.41, 5.74) is 1.28. The predicted molar refractivity (Wildman–Crippen MR) is 102 cm³/mol. The van der Waals surface area contributed by atoms with E-state index in [0.717, 1.165) is 29.9 Å². The fourth-order valence-corrected chi connectivity index (χ4v) is 4.28. The average molecular weight is 393 g/mol. The minimum Gasteiger partial charge on any atom is -0.356 e. The molecule has 132 valence electrons. The van der Waals surface area contributed by atoms with Crippen LogP contribution in [0.2, 0.25) is 0 Å². The highest BCUT2D eigenvalue weighted by Crippen LogP contribution is 2.47. The maximum absolute atomic E-state index is 12.3. The van der Waals surface area contributed by atoms with Crippen LogP contribution in [0, 0.1) is 5.92 Å². The van der Waals surface area contributed by atoms with Crippen LogP contribution in [0.1, 0.15) is 56.9 Å². The summed E-state index contributed by atoms with van der Waals surface area (Å²) in [4.78, 5) is 14.9. The predicted octanol–water partition coefficient (Wildman–Crippen LogP) is 4.32. The number of nitrogens with one attached hydrogen (secondary N) is 1. The number of unbranched alkanes of at least 4 members (excludes halogenated alkanes) is 1. The molecule has 0 spiro atoms. The van der Waals surface area contributed by atoms with Crippen molar-refractivity contribution in [1.82, 2.24) is 10.2 Å². The lowest BCUT2D eigenvalue weighted by Gasteiger charge is -2.33. The van der Waals surface area contributed by atoms with E-state index in [4.69, 9.17) is 0 Å². The van der Waals surface area contributed by atoms with Gasteiger partial charge in [0.05, 0.1) is 0 Å². The monoisotopic (exact) mass is 392 g/mol. The van der Waals surface area contributed by atoms with E-state index in [1.807, 2.05) is 12.1 Å². The number of hydrogen-bond donors (Lipinski definition) is 1. The summed E-state index contributed by atoms with van der Waals surface area (Å²) >= 11 is 3.51. The molecule has 1 aliphatic heterocycles. The van der Waals surface area contributed by atoms with Gasteiger partial charge in [0.1, 0.15) is 0 Å². The fourth-order valence-electron chi connectivity index (χ4n) is 3.86. The van der Waals surface area contributed by atoms with Gasteiger partial charge in [-0.3, -0.25) is 4.79 Å². The number of piperidine rings is 1. The minimum absolute atomic E-state index is 0.182. The smallest absolute Gasteiger partial charge is 0.223 e.